The monoisotopic (exact) mass is 314 g/mol. The Bertz CT molecular complexity index is 519. The molecular formula is C11H11F5N2O3. The Kier molecular flexibility index (Phi) is 5.41. The second-order valence-corrected chi connectivity index (χ2v) is 3.65. The normalized spacial score (nSPS) is 11.6. The van der Waals surface area contributed by atoms with Gasteiger partial charge in [0.15, 0.2) is 0 Å². The van der Waals surface area contributed by atoms with Crippen LogP contribution in [0.15, 0.2) is 6.20 Å². The molecule has 1 aromatic rings. The van der Waals surface area contributed by atoms with E-state index < -0.39 is 35.8 Å². The first-order valence-electron chi connectivity index (χ1n) is 5.64. The van der Waals surface area contributed by atoms with Gasteiger partial charge in [-0.1, -0.05) is 0 Å². The lowest BCUT2D eigenvalue weighted by molar-refractivity contribution is -0.276. The van der Waals surface area contributed by atoms with E-state index in [1.165, 1.54) is 6.92 Å². The number of esters is 1. The molecule has 2 N–H and O–H groups in total. The number of halogens is 5. The van der Waals surface area contributed by atoms with Crippen LogP contribution in [0.1, 0.15) is 34.8 Å². The van der Waals surface area contributed by atoms with E-state index in [0.717, 1.165) is 6.20 Å². The van der Waals surface area contributed by atoms with E-state index in [9.17, 15) is 26.7 Å². The van der Waals surface area contributed by atoms with Gasteiger partial charge in [0.1, 0.15) is 0 Å². The van der Waals surface area contributed by atoms with Crippen molar-refractivity contribution in [1.82, 2.24) is 4.98 Å². The Morgan fingerprint density at radius 1 is 1.43 bits per heavy atom. The lowest BCUT2D eigenvalue weighted by atomic mass is 10.0. The molecule has 21 heavy (non-hydrogen) atoms. The van der Waals surface area contributed by atoms with Gasteiger partial charge in [0.2, 0.25) is 5.88 Å². The molecule has 0 aliphatic rings. The minimum atomic E-state index is -5.23. The topological polar surface area (TPSA) is 74.4 Å². The van der Waals surface area contributed by atoms with Crippen molar-refractivity contribution in [1.29, 1.82) is 0 Å². The molecule has 0 bridgehead atoms. The smallest absolute Gasteiger partial charge is 0.462 e. The maximum absolute atomic E-state index is 13.0. The van der Waals surface area contributed by atoms with Crippen LogP contribution in [-0.2, 0) is 11.3 Å². The summed E-state index contributed by atoms with van der Waals surface area (Å²) in [6, 6.07) is 0. The molecule has 0 aromatic carbocycles. The molecule has 0 unspecified atom stereocenters. The molecule has 1 rings (SSSR count). The minimum Gasteiger partial charge on any atom is -0.462 e. The van der Waals surface area contributed by atoms with Crippen molar-refractivity contribution in [3.05, 3.63) is 22.9 Å². The van der Waals surface area contributed by atoms with Crippen molar-refractivity contribution in [3.8, 4) is 5.88 Å². The Hall–Kier alpha value is -1.97. The summed E-state index contributed by atoms with van der Waals surface area (Å²) in [5.74, 6) is -2.62. The number of carbonyl (C=O) groups excluding carboxylic acids is 1. The Balaban J connectivity index is 3.48. The molecule has 0 amide bonds. The maximum Gasteiger partial charge on any atom is 0.574 e. The number of pyridine rings is 1. The Morgan fingerprint density at radius 2 is 2.05 bits per heavy atom. The summed E-state index contributed by atoms with van der Waals surface area (Å²) in [6.07, 6.45) is -7.90. The Morgan fingerprint density at radius 3 is 2.48 bits per heavy atom. The first kappa shape index (κ1) is 17.1. The van der Waals surface area contributed by atoms with Gasteiger partial charge < -0.3 is 15.2 Å². The number of aromatic nitrogens is 1. The van der Waals surface area contributed by atoms with Crippen molar-refractivity contribution in [2.45, 2.75) is 26.3 Å². The molecule has 118 valence electrons. The van der Waals surface area contributed by atoms with Gasteiger partial charge in [0.05, 0.1) is 17.7 Å². The number of carbonyl (C=O) groups is 1. The highest BCUT2D eigenvalue weighted by Crippen LogP contribution is 2.35. The van der Waals surface area contributed by atoms with E-state index >= 15 is 0 Å². The molecule has 0 saturated carbocycles. The van der Waals surface area contributed by atoms with Crippen molar-refractivity contribution in [3.63, 3.8) is 0 Å². The quantitative estimate of drug-likeness (QED) is 0.668. The number of alkyl halides is 5. The molecule has 0 radical (unpaired) electrons. The average molecular weight is 314 g/mol. The largest absolute Gasteiger partial charge is 0.574 e. The molecule has 1 heterocycles. The van der Waals surface area contributed by atoms with Crippen LogP contribution in [0.5, 0.6) is 5.88 Å². The van der Waals surface area contributed by atoms with Crippen molar-refractivity contribution >= 4 is 5.97 Å². The molecule has 0 fully saturated rings. The highest BCUT2D eigenvalue weighted by atomic mass is 19.4. The van der Waals surface area contributed by atoms with Crippen LogP contribution in [0, 0.1) is 0 Å². The molecule has 0 atom stereocenters. The van der Waals surface area contributed by atoms with Crippen LogP contribution < -0.4 is 10.5 Å². The number of rotatable bonds is 5. The molecule has 5 nitrogen and oxygen atoms in total. The third-order valence-electron chi connectivity index (χ3n) is 2.29. The fraction of sp³-hybridized carbons (Fsp3) is 0.455. The first-order valence-corrected chi connectivity index (χ1v) is 5.64. The lowest BCUT2D eigenvalue weighted by Gasteiger charge is -2.16. The number of ether oxygens (including phenoxy) is 2. The standard InChI is InChI=1S/C11H11F5N2O3/c1-2-20-10(19)6-5(3-17)4-18-9(7(6)8(12)13)21-11(14,15)16/h4,8H,2-3,17H2,1H3. The molecule has 0 saturated heterocycles. The summed E-state index contributed by atoms with van der Waals surface area (Å²) < 4.78 is 70.7. The summed E-state index contributed by atoms with van der Waals surface area (Å²) in [6.45, 7) is 0.882. The van der Waals surface area contributed by atoms with Gasteiger partial charge in [-0.25, -0.2) is 18.6 Å². The van der Waals surface area contributed by atoms with E-state index in [4.69, 9.17) is 5.73 Å². The maximum atomic E-state index is 13.0. The van der Waals surface area contributed by atoms with Gasteiger partial charge in [-0.15, -0.1) is 13.2 Å². The van der Waals surface area contributed by atoms with Crippen molar-refractivity contribution in [2.24, 2.45) is 5.73 Å². The van der Waals surface area contributed by atoms with E-state index in [1.807, 2.05) is 0 Å². The highest BCUT2D eigenvalue weighted by molar-refractivity contribution is 5.93. The third kappa shape index (κ3) is 4.25. The van der Waals surface area contributed by atoms with Crippen LogP contribution in [0.3, 0.4) is 0 Å². The zero-order valence-corrected chi connectivity index (χ0v) is 10.7. The highest BCUT2D eigenvalue weighted by Gasteiger charge is 2.37. The number of hydrogen-bond donors (Lipinski definition) is 1. The van der Waals surface area contributed by atoms with Gasteiger partial charge in [-0.05, 0) is 12.5 Å². The van der Waals surface area contributed by atoms with Gasteiger partial charge in [0.25, 0.3) is 6.43 Å². The number of hydrogen-bond acceptors (Lipinski definition) is 5. The predicted molar refractivity (Wildman–Crippen MR) is 59.7 cm³/mol. The van der Waals surface area contributed by atoms with Crippen LogP contribution in [0.2, 0.25) is 0 Å². The molecule has 0 aliphatic carbocycles. The molecule has 10 heteroatoms. The van der Waals surface area contributed by atoms with Crippen LogP contribution in [0.4, 0.5) is 22.0 Å². The van der Waals surface area contributed by atoms with Gasteiger partial charge in [-0.3, -0.25) is 0 Å². The van der Waals surface area contributed by atoms with Crippen LogP contribution in [0.25, 0.3) is 0 Å². The van der Waals surface area contributed by atoms with Gasteiger partial charge >= 0.3 is 12.3 Å². The van der Waals surface area contributed by atoms with E-state index in [2.05, 4.69) is 14.5 Å². The SMILES string of the molecule is CCOC(=O)c1c(CN)cnc(OC(F)(F)F)c1C(F)F. The molecular weight excluding hydrogens is 303 g/mol. The molecule has 0 spiro atoms. The van der Waals surface area contributed by atoms with E-state index in [-0.39, 0.29) is 18.7 Å². The van der Waals surface area contributed by atoms with Gasteiger partial charge in [-0.2, -0.15) is 0 Å². The fourth-order valence-corrected chi connectivity index (χ4v) is 1.54. The summed E-state index contributed by atoms with van der Waals surface area (Å²) in [4.78, 5) is 14.8. The lowest BCUT2D eigenvalue weighted by Crippen LogP contribution is -2.22. The number of nitrogens with zero attached hydrogens (tertiary/aromatic N) is 1. The summed E-state index contributed by atoms with van der Waals surface area (Å²) in [7, 11) is 0. The van der Waals surface area contributed by atoms with Gasteiger partial charge in [0, 0.05) is 12.7 Å². The summed E-state index contributed by atoms with van der Waals surface area (Å²) >= 11 is 0. The molecule has 1 aromatic heterocycles. The minimum absolute atomic E-state index is 0.149. The zero-order valence-electron chi connectivity index (χ0n) is 10.7. The summed E-state index contributed by atoms with van der Waals surface area (Å²) in [5.41, 5.74) is 3.05. The number of nitrogens with two attached hydrogens (primary N) is 1. The predicted octanol–water partition coefficient (Wildman–Crippen LogP) is 2.55. The first-order chi connectivity index (χ1) is 9.71. The van der Waals surface area contributed by atoms with E-state index in [1.54, 1.807) is 0 Å². The van der Waals surface area contributed by atoms with Crippen molar-refractivity contribution < 1.29 is 36.2 Å². The molecule has 0 aliphatic heterocycles. The van der Waals surface area contributed by atoms with Crippen LogP contribution >= 0.6 is 0 Å². The van der Waals surface area contributed by atoms with Crippen LogP contribution in [-0.4, -0.2) is 23.9 Å². The third-order valence-corrected chi connectivity index (χ3v) is 2.29. The van der Waals surface area contributed by atoms with E-state index in [0.29, 0.717) is 0 Å². The average Bonchev–Trinajstić information content (AvgIpc) is 2.36. The van der Waals surface area contributed by atoms with Crippen molar-refractivity contribution in [2.75, 3.05) is 6.61 Å². The summed E-state index contributed by atoms with van der Waals surface area (Å²) in [5, 5.41) is 0. The Labute approximate surface area is 115 Å². The fourth-order valence-electron chi connectivity index (χ4n) is 1.54. The zero-order chi connectivity index (χ0) is 16.2. The second-order valence-electron chi connectivity index (χ2n) is 3.65. The second kappa shape index (κ2) is 6.66.